The van der Waals surface area contributed by atoms with E-state index in [2.05, 4.69) is 41.8 Å². The Labute approximate surface area is 131 Å². The van der Waals surface area contributed by atoms with Gasteiger partial charge in [-0.15, -0.1) is 0 Å². The number of benzene rings is 2. The molecule has 1 unspecified atom stereocenters. The van der Waals surface area contributed by atoms with Gasteiger partial charge in [0.2, 0.25) is 0 Å². The Kier molecular flexibility index (Phi) is 4.47. The molecule has 1 heterocycles. The van der Waals surface area contributed by atoms with Crippen molar-refractivity contribution in [2.75, 3.05) is 11.9 Å². The van der Waals surface area contributed by atoms with E-state index in [9.17, 15) is 0 Å². The molecule has 1 aliphatic heterocycles. The number of hydrogen-bond donors (Lipinski definition) is 2. The lowest BCUT2D eigenvalue weighted by atomic mass is 9.99. The summed E-state index contributed by atoms with van der Waals surface area (Å²) in [4.78, 5) is 0. The van der Waals surface area contributed by atoms with Crippen LogP contribution < -0.4 is 10.6 Å². The SMILES string of the molecule is CC(NCc1cccc2c1NCCC2)c1ccccc1Cl. The first-order valence-electron chi connectivity index (χ1n) is 7.58. The second kappa shape index (κ2) is 6.50. The van der Waals surface area contributed by atoms with Gasteiger partial charge in [0.05, 0.1) is 0 Å². The monoisotopic (exact) mass is 300 g/mol. The van der Waals surface area contributed by atoms with E-state index < -0.39 is 0 Å². The van der Waals surface area contributed by atoms with Crippen LogP contribution in [0.4, 0.5) is 5.69 Å². The number of halogens is 1. The average molecular weight is 301 g/mol. The predicted molar refractivity (Wildman–Crippen MR) is 90.0 cm³/mol. The van der Waals surface area contributed by atoms with Crippen LogP contribution >= 0.6 is 11.6 Å². The number of hydrogen-bond acceptors (Lipinski definition) is 2. The number of para-hydroxylation sites is 1. The van der Waals surface area contributed by atoms with Crippen molar-refractivity contribution >= 4 is 17.3 Å². The highest BCUT2D eigenvalue weighted by Gasteiger charge is 2.13. The molecule has 110 valence electrons. The van der Waals surface area contributed by atoms with Crippen molar-refractivity contribution in [3.05, 3.63) is 64.2 Å². The standard InChI is InChI=1S/C18H21ClN2/c1-13(16-9-2-3-10-17(16)19)21-12-15-7-4-6-14-8-5-11-20-18(14)15/h2-4,6-7,9-10,13,20-21H,5,8,11-12H2,1H3. The molecular weight excluding hydrogens is 280 g/mol. The van der Waals surface area contributed by atoms with Crippen LogP contribution in [-0.2, 0) is 13.0 Å². The minimum atomic E-state index is 0.234. The van der Waals surface area contributed by atoms with E-state index in [1.54, 1.807) is 0 Å². The third kappa shape index (κ3) is 3.22. The first kappa shape index (κ1) is 14.4. The summed E-state index contributed by atoms with van der Waals surface area (Å²) in [5.74, 6) is 0. The zero-order valence-electron chi connectivity index (χ0n) is 12.3. The molecule has 1 aliphatic rings. The van der Waals surface area contributed by atoms with E-state index in [0.717, 1.165) is 23.7 Å². The molecule has 2 aromatic rings. The lowest BCUT2D eigenvalue weighted by Gasteiger charge is -2.23. The summed E-state index contributed by atoms with van der Waals surface area (Å²) in [6.45, 7) is 4.08. The fourth-order valence-electron chi connectivity index (χ4n) is 2.93. The Morgan fingerprint density at radius 3 is 2.90 bits per heavy atom. The Balaban J connectivity index is 1.72. The molecule has 2 N–H and O–H groups in total. The summed E-state index contributed by atoms with van der Waals surface area (Å²) in [5, 5.41) is 7.95. The average Bonchev–Trinajstić information content (AvgIpc) is 2.53. The van der Waals surface area contributed by atoms with E-state index >= 15 is 0 Å². The molecule has 0 saturated carbocycles. The topological polar surface area (TPSA) is 24.1 Å². The highest BCUT2D eigenvalue weighted by molar-refractivity contribution is 6.31. The van der Waals surface area contributed by atoms with Gasteiger partial charge >= 0.3 is 0 Å². The van der Waals surface area contributed by atoms with E-state index in [0.29, 0.717) is 0 Å². The fourth-order valence-corrected chi connectivity index (χ4v) is 3.23. The van der Waals surface area contributed by atoms with Gasteiger partial charge in [-0.25, -0.2) is 0 Å². The Morgan fingerprint density at radius 1 is 1.19 bits per heavy atom. The van der Waals surface area contributed by atoms with Crippen molar-refractivity contribution < 1.29 is 0 Å². The van der Waals surface area contributed by atoms with Gasteiger partial charge in [0.1, 0.15) is 0 Å². The van der Waals surface area contributed by atoms with Crippen LogP contribution in [0.25, 0.3) is 0 Å². The summed E-state index contributed by atoms with van der Waals surface area (Å²) in [5.41, 5.74) is 5.25. The number of rotatable bonds is 4. The predicted octanol–water partition coefficient (Wildman–Crippen LogP) is 4.55. The van der Waals surface area contributed by atoms with Crippen LogP contribution in [0, 0.1) is 0 Å². The molecule has 0 bridgehead atoms. The quantitative estimate of drug-likeness (QED) is 0.865. The van der Waals surface area contributed by atoms with Crippen molar-refractivity contribution in [1.29, 1.82) is 0 Å². The molecule has 0 fully saturated rings. The van der Waals surface area contributed by atoms with Gasteiger partial charge in [-0.05, 0) is 42.5 Å². The maximum atomic E-state index is 6.26. The number of aryl methyl sites for hydroxylation is 1. The van der Waals surface area contributed by atoms with Crippen molar-refractivity contribution in [3.63, 3.8) is 0 Å². The number of anilines is 1. The van der Waals surface area contributed by atoms with Gasteiger partial charge in [0, 0.05) is 29.8 Å². The Morgan fingerprint density at radius 2 is 2.05 bits per heavy atom. The summed E-state index contributed by atoms with van der Waals surface area (Å²) in [6, 6.07) is 14.8. The third-order valence-corrected chi connectivity index (χ3v) is 4.48. The molecule has 21 heavy (non-hydrogen) atoms. The van der Waals surface area contributed by atoms with E-state index in [1.807, 2.05) is 18.2 Å². The molecule has 0 saturated heterocycles. The van der Waals surface area contributed by atoms with Crippen molar-refractivity contribution in [1.82, 2.24) is 5.32 Å². The first-order chi connectivity index (χ1) is 10.3. The highest BCUT2D eigenvalue weighted by Crippen LogP contribution is 2.27. The van der Waals surface area contributed by atoms with Crippen LogP contribution in [0.1, 0.15) is 36.1 Å². The summed E-state index contributed by atoms with van der Waals surface area (Å²) < 4.78 is 0. The fraction of sp³-hybridized carbons (Fsp3) is 0.333. The van der Waals surface area contributed by atoms with Gasteiger partial charge < -0.3 is 10.6 Å². The lowest BCUT2D eigenvalue weighted by molar-refractivity contribution is 0.574. The van der Waals surface area contributed by atoms with Crippen LogP contribution in [-0.4, -0.2) is 6.54 Å². The number of nitrogens with one attached hydrogen (secondary N) is 2. The molecule has 3 heteroatoms. The van der Waals surface area contributed by atoms with Crippen LogP contribution in [0.5, 0.6) is 0 Å². The van der Waals surface area contributed by atoms with Crippen LogP contribution in [0.3, 0.4) is 0 Å². The molecule has 2 aromatic carbocycles. The number of fused-ring (bicyclic) bond motifs is 1. The first-order valence-corrected chi connectivity index (χ1v) is 7.96. The molecule has 0 radical (unpaired) electrons. The van der Waals surface area contributed by atoms with Gasteiger partial charge in [-0.1, -0.05) is 48.0 Å². The minimum Gasteiger partial charge on any atom is -0.385 e. The van der Waals surface area contributed by atoms with Crippen LogP contribution in [0.2, 0.25) is 5.02 Å². The zero-order valence-corrected chi connectivity index (χ0v) is 13.1. The largest absolute Gasteiger partial charge is 0.385 e. The smallest absolute Gasteiger partial charge is 0.0453 e. The van der Waals surface area contributed by atoms with Crippen LogP contribution in [0.15, 0.2) is 42.5 Å². The normalized spacial score (nSPS) is 15.1. The van der Waals surface area contributed by atoms with Crippen molar-refractivity contribution in [2.45, 2.75) is 32.4 Å². The molecule has 2 nitrogen and oxygen atoms in total. The lowest BCUT2D eigenvalue weighted by Crippen LogP contribution is -2.21. The maximum absolute atomic E-state index is 6.26. The molecule has 0 aromatic heterocycles. The summed E-state index contributed by atoms with van der Waals surface area (Å²) in [7, 11) is 0. The summed E-state index contributed by atoms with van der Waals surface area (Å²) >= 11 is 6.26. The second-order valence-electron chi connectivity index (χ2n) is 5.61. The Hall–Kier alpha value is -1.51. The van der Waals surface area contributed by atoms with Gasteiger partial charge in [-0.3, -0.25) is 0 Å². The summed E-state index contributed by atoms with van der Waals surface area (Å²) in [6.07, 6.45) is 2.40. The third-order valence-electron chi connectivity index (χ3n) is 4.13. The molecule has 0 spiro atoms. The molecule has 0 aliphatic carbocycles. The molecular formula is C18H21ClN2. The molecule has 3 rings (SSSR count). The van der Waals surface area contributed by atoms with E-state index in [-0.39, 0.29) is 6.04 Å². The van der Waals surface area contributed by atoms with E-state index in [1.165, 1.54) is 29.7 Å². The highest BCUT2D eigenvalue weighted by atomic mass is 35.5. The van der Waals surface area contributed by atoms with Crippen molar-refractivity contribution in [2.24, 2.45) is 0 Å². The zero-order chi connectivity index (χ0) is 14.7. The Bertz CT molecular complexity index is 624. The maximum Gasteiger partial charge on any atom is 0.0453 e. The van der Waals surface area contributed by atoms with Gasteiger partial charge in [0.25, 0.3) is 0 Å². The molecule has 0 amide bonds. The second-order valence-corrected chi connectivity index (χ2v) is 6.01. The van der Waals surface area contributed by atoms with Crippen molar-refractivity contribution in [3.8, 4) is 0 Å². The van der Waals surface area contributed by atoms with Gasteiger partial charge in [0.15, 0.2) is 0 Å². The minimum absolute atomic E-state index is 0.234. The molecule has 1 atom stereocenters. The van der Waals surface area contributed by atoms with Gasteiger partial charge in [-0.2, -0.15) is 0 Å². The van der Waals surface area contributed by atoms with E-state index in [4.69, 9.17) is 11.6 Å².